The van der Waals surface area contributed by atoms with E-state index < -0.39 is 0 Å². The summed E-state index contributed by atoms with van der Waals surface area (Å²) in [6, 6.07) is 12.1. The van der Waals surface area contributed by atoms with Gasteiger partial charge >= 0.3 is 0 Å². The number of hydrogen-bond acceptors (Lipinski definition) is 3. The van der Waals surface area contributed by atoms with E-state index in [2.05, 4.69) is 29.8 Å². The SMILES string of the molecule is Cc1ccccc1Cc1ncccc1N.N=CN. The predicted molar refractivity (Wildman–Crippen MR) is 75.6 cm³/mol. The van der Waals surface area contributed by atoms with Gasteiger partial charge in [0, 0.05) is 12.6 Å². The minimum absolute atomic E-state index is 0.750. The standard InChI is InChI=1S/C13H14N2.CH4N2/c1-10-5-2-3-6-11(10)9-13-12(14)7-4-8-15-13;2-1-3/h2-8H,9,14H2,1H3;1H,(H3,2,3). The predicted octanol–water partition coefficient (Wildman–Crippen LogP) is 2.12. The fraction of sp³-hybridized carbons (Fsp3) is 0.143. The molecule has 0 unspecified atom stereocenters. The molecule has 1 heterocycles. The zero-order valence-corrected chi connectivity index (χ0v) is 10.4. The molecule has 0 spiro atoms. The van der Waals surface area contributed by atoms with Gasteiger partial charge in [0.05, 0.1) is 17.7 Å². The first-order chi connectivity index (χ1) is 8.69. The molecule has 4 nitrogen and oxygen atoms in total. The molecule has 0 aliphatic rings. The minimum Gasteiger partial charge on any atom is -0.397 e. The lowest BCUT2D eigenvalue weighted by Gasteiger charge is -2.06. The van der Waals surface area contributed by atoms with Crippen molar-refractivity contribution in [3.63, 3.8) is 0 Å². The summed E-state index contributed by atoms with van der Waals surface area (Å²) in [6.07, 6.45) is 3.34. The second-order valence-electron chi connectivity index (χ2n) is 3.81. The quantitative estimate of drug-likeness (QED) is 0.556. The Balaban J connectivity index is 0.000000492. The molecule has 0 aliphatic heterocycles. The van der Waals surface area contributed by atoms with Gasteiger partial charge in [-0.25, -0.2) is 0 Å². The average Bonchev–Trinajstić information content (AvgIpc) is 2.36. The van der Waals surface area contributed by atoms with Gasteiger partial charge in [0.2, 0.25) is 0 Å². The summed E-state index contributed by atoms with van der Waals surface area (Å²) in [5.74, 6) is 0. The van der Waals surface area contributed by atoms with Crippen LogP contribution in [-0.2, 0) is 6.42 Å². The Kier molecular flexibility index (Phi) is 5.38. The van der Waals surface area contributed by atoms with Crippen LogP contribution in [0.1, 0.15) is 16.8 Å². The third-order valence-electron chi connectivity index (χ3n) is 2.54. The van der Waals surface area contributed by atoms with Gasteiger partial charge in [-0.3, -0.25) is 10.4 Å². The number of rotatable bonds is 2. The molecule has 4 heteroatoms. The molecule has 0 fully saturated rings. The minimum atomic E-state index is 0.750. The first kappa shape index (κ1) is 13.7. The summed E-state index contributed by atoms with van der Waals surface area (Å²) in [5, 5.41) is 5.86. The number of nitrogen functional groups attached to an aromatic ring is 1. The van der Waals surface area contributed by atoms with Crippen molar-refractivity contribution >= 4 is 12.0 Å². The lowest BCUT2D eigenvalue weighted by molar-refractivity contribution is 1.06. The number of nitrogens with zero attached hydrogens (tertiary/aromatic N) is 1. The van der Waals surface area contributed by atoms with E-state index in [-0.39, 0.29) is 0 Å². The topological polar surface area (TPSA) is 88.8 Å². The van der Waals surface area contributed by atoms with E-state index >= 15 is 0 Å². The lowest BCUT2D eigenvalue weighted by atomic mass is 10.0. The smallest absolute Gasteiger partial charge is 0.0765 e. The van der Waals surface area contributed by atoms with Crippen LogP contribution in [0.3, 0.4) is 0 Å². The van der Waals surface area contributed by atoms with Gasteiger partial charge < -0.3 is 11.5 Å². The Bertz CT molecular complexity index is 465. The number of nitrogens with two attached hydrogens (primary N) is 2. The number of anilines is 1. The van der Waals surface area contributed by atoms with Crippen molar-refractivity contribution in [3.8, 4) is 0 Å². The molecule has 0 bridgehead atoms. The molecular weight excluding hydrogens is 224 g/mol. The second kappa shape index (κ2) is 7.06. The average molecular weight is 242 g/mol. The number of nitrogens with one attached hydrogen (secondary N) is 1. The van der Waals surface area contributed by atoms with Gasteiger partial charge in [-0.1, -0.05) is 24.3 Å². The van der Waals surface area contributed by atoms with E-state index in [0.717, 1.165) is 24.1 Å². The molecule has 18 heavy (non-hydrogen) atoms. The molecule has 0 amide bonds. The van der Waals surface area contributed by atoms with Gasteiger partial charge in [0.25, 0.3) is 0 Å². The maximum Gasteiger partial charge on any atom is 0.0765 e. The number of benzene rings is 1. The molecule has 0 aliphatic carbocycles. The monoisotopic (exact) mass is 242 g/mol. The van der Waals surface area contributed by atoms with Crippen LogP contribution in [0.4, 0.5) is 5.69 Å². The maximum absolute atomic E-state index is 5.86. The van der Waals surface area contributed by atoms with Crippen LogP contribution >= 0.6 is 0 Å². The Morgan fingerprint density at radius 1 is 1.22 bits per heavy atom. The number of aromatic nitrogens is 1. The third-order valence-corrected chi connectivity index (χ3v) is 2.54. The van der Waals surface area contributed by atoms with Crippen LogP contribution in [0.5, 0.6) is 0 Å². The molecule has 0 radical (unpaired) electrons. The molecule has 5 N–H and O–H groups in total. The molecule has 0 atom stereocenters. The zero-order valence-electron chi connectivity index (χ0n) is 10.4. The summed E-state index contributed by atoms with van der Waals surface area (Å²) < 4.78 is 0. The highest BCUT2D eigenvalue weighted by Gasteiger charge is 2.03. The molecule has 0 saturated carbocycles. The van der Waals surface area contributed by atoms with Gasteiger partial charge in [-0.15, -0.1) is 0 Å². The van der Waals surface area contributed by atoms with Gasteiger partial charge in [0.1, 0.15) is 0 Å². The highest BCUT2D eigenvalue weighted by atomic mass is 14.7. The van der Waals surface area contributed by atoms with Crippen molar-refractivity contribution in [2.24, 2.45) is 5.73 Å². The summed E-state index contributed by atoms with van der Waals surface area (Å²) in [7, 11) is 0. The van der Waals surface area contributed by atoms with Crippen LogP contribution in [0.2, 0.25) is 0 Å². The summed E-state index contributed by atoms with van der Waals surface area (Å²) in [6.45, 7) is 2.11. The van der Waals surface area contributed by atoms with E-state index in [9.17, 15) is 0 Å². The summed E-state index contributed by atoms with van der Waals surface area (Å²) >= 11 is 0. The zero-order chi connectivity index (χ0) is 13.4. The normalized spacial score (nSPS) is 9.17. The second-order valence-corrected chi connectivity index (χ2v) is 3.81. The largest absolute Gasteiger partial charge is 0.397 e. The fourth-order valence-corrected chi connectivity index (χ4v) is 1.59. The molecule has 94 valence electrons. The van der Waals surface area contributed by atoms with E-state index in [1.165, 1.54) is 11.1 Å². The van der Waals surface area contributed by atoms with Crippen LogP contribution in [-0.4, -0.2) is 11.3 Å². The Hall–Kier alpha value is -2.36. The van der Waals surface area contributed by atoms with E-state index in [1.807, 2.05) is 24.3 Å². The first-order valence-corrected chi connectivity index (χ1v) is 5.63. The molecule has 1 aromatic carbocycles. The van der Waals surface area contributed by atoms with Crippen molar-refractivity contribution in [2.45, 2.75) is 13.3 Å². The van der Waals surface area contributed by atoms with Crippen LogP contribution in [0.25, 0.3) is 0 Å². The summed E-state index contributed by atoms with van der Waals surface area (Å²) in [5.41, 5.74) is 14.5. The molecule has 2 rings (SSSR count). The number of hydrogen-bond donors (Lipinski definition) is 3. The molecule has 1 aromatic heterocycles. The highest BCUT2D eigenvalue weighted by molar-refractivity contribution is 5.46. The van der Waals surface area contributed by atoms with Crippen molar-refractivity contribution in [3.05, 3.63) is 59.4 Å². The maximum atomic E-state index is 5.86. The summed E-state index contributed by atoms with van der Waals surface area (Å²) in [4.78, 5) is 4.29. The lowest BCUT2D eigenvalue weighted by Crippen LogP contribution is -1.99. The van der Waals surface area contributed by atoms with Crippen LogP contribution in [0.15, 0.2) is 42.6 Å². The Morgan fingerprint density at radius 2 is 1.89 bits per heavy atom. The van der Waals surface area contributed by atoms with Crippen molar-refractivity contribution in [1.29, 1.82) is 5.41 Å². The highest BCUT2D eigenvalue weighted by Crippen LogP contribution is 2.15. The first-order valence-electron chi connectivity index (χ1n) is 5.63. The van der Waals surface area contributed by atoms with Crippen molar-refractivity contribution < 1.29 is 0 Å². The van der Waals surface area contributed by atoms with E-state index in [4.69, 9.17) is 11.1 Å². The Morgan fingerprint density at radius 3 is 2.50 bits per heavy atom. The number of aryl methyl sites for hydroxylation is 1. The van der Waals surface area contributed by atoms with Crippen LogP contribution < -0.4 is 11.5 Å². The molecular formula is C14H18N4. The van der Waals surface area contributed by atoms with E-state index in [1.54, 1.807) is 6.20 Å². The third kappa shape index (κ3) is 3.90. The van der Waals surface area contributed by atoms with Crippen molar-refractivity contribution in [1.82, 2.24) is 4.98 Å². The van der Waals surface area contributed by atoms with E-state index in [0.29, 0.717) is 0 Å². The van der Waals surface area contributed by atoms with Crippen LogP contribution in [0, 0.1) is 12.3 Å². The fourth-order valence-electron chi connectivity index (χ4n) is 1.59. The van der Waals surface area contributed by atoms with Crippen molar-refractivity contribution in [2.75, 3.05) is 5.73 Å². The molecule has 2 aromatic rings. The number of pyridine rings is 1. The molecule has 0 saturated heterocycles. The Labute approximate surface area is 107 Å². The van der Waals surface area contributed by atoms with Gasteiger partial charge in [-0.05, 0) is 30.2 Å². The van der Waals surface area contributed by atoms with Gasteiger partial charge in [0.15, 0.2) is 0 Å². The van der Waals surface area contributed by atoms with Gasteiger partial charge in [-0.2, -0.15) is 0 Å².